The molecule has 0 spiro atoms. The van der Waals surface area contributed by atoms with Crippen LogP contribution in [0.4, 0.5) is 4.79 Å². The van der Waals surface area contributed by atoms with Gasteiger partial charge in [0.25, 0.3) is 0 Å². The van der Waals surface area contributed by atoms with Crippen LogP contribution in [0.5, 0.6) is 5.75 Å². The summed E-state index contributed by atoms with van der Waals surface area (Å²) in [7, 11) is 0. The summed E-state index contributed by atoms with van der Waals surface area (Å²) in [6.45, 7) is 9.04. The zero-order chi connectivity index (χ0) is 21.0. The lowest BCUT2D eigenvalue weighted by atomic mass is 9.98. The van der Waals surface area contributed by atoms with E-state index in [0.717, 1.165) is 43.8 Å². The van der Waals surface area contributed by atoms with Crippen molar-refractivity contribution in [2.45, 2.75) is 83.6 Å². The SMILES string of the molecule is CCNC(=NCc1cccc(O)c1)NC1CC2CCC(C1)N2C(=O)OC(C)(C)C.I. The number of phenolic OH excluding ortho intramolecular Hbond substituents is 1. The van der Waals surface area contributed by atoms with E-state index in [9.17, 15) is 9.90 Å². The lowest BCUT2D eigenvalue weighted by Gasteiger charge is -2.40. The summed E-state index contributed by atoms with van der Waals surface area (Å²) >= 11 is 0. The summed E-state index contributed by atoms with van der Waals surface area (Å²) in [5.74, 6) is 1.02. The second-order valence-electron chi connectivity index (χ2n) is 8.95. The number of nitrogens with one attached hydrogen (secondary N) is 2. The molecule has 0 saturated carbocycles. The molecule has 2 heterocycles. The third-order valence-corrected chi connectivity index (χ3v) is 5.35. The number of carbonyl (C=O) groups is 1. The number of rotatable bonds is 4. The van der Waals surface area contributed by atoms with Gasteiger partial charge in [0, 0.05) is 24.7 Å². The van der Waals surface area contributed by atoms with Gasteiger partial charge >= 0.3 is 6.09 Å². The van der Waals surface area contributed by atoms with Crippen LogP contribution in [0.3, 0.4) is 0 Å². The minimum absolute atomic E-state index is 0. The lowest BCUT2D eigenvalue weighted by molar-refractivity contribution is 0.00545. The van der Waals surface area contributed by atoms with Crippen LogP contribution in [0.15, 0.2) is 29.3 Å². The normalized spacial score (nSPS) is 23.5. The number of benzene rings is 1. The number of hydrogen-bond acceptors (Lipinski definition) is 4. The Labute approximate surface area is 196 Å². The smallest absolute Gasteiger partial charge is 0.410 e. The van der Waals surface area contributed by atoms with Crippen molar-refractivity contribution in [3.63, 3.8) is 0 Å². The van der Waals surface area contributed by atoms with Gasteiger partial charge < -0.3 is 25.4 Å². The summed E-state index contributed by atoms with van der Waals surface area (Å²) in [6.07, 6.45) is 3.66. The van der Waals surface area contributed by atoms with Crippen molar-refractivity contribution in [2.24, 2.45) is 4.99 Å². The van der Waals surface area contributed by atoms with Crippen LogP contribution >= 0.6 is 24.0 Å². The third-order valence-electron chi connectivity index (χ3n) is 5.35. The molecule has 2 saturated heterocycles. The van der Waals surface area contributed by atoms with Crippen molar-refractivity contribution in [1.29, 1.82) is 0 Å². The highest BCUT2D eigenvalue weighted by atomic mass is 127. The molecule has 7 nitrogen and oxygen atoms in total. The van der Waals surface area contributed by atoms with Gasteiger partial charge in [-0.1, -0.05) is 12.1 Å². The molecule has 2 unspecified atom stereocenters. The fourth-order valence-electron chi connectivity index (χ4n) is 4.25. The molecule has 2 bridgehead atoms. The van der Waals surface area contributed by atoms with Crippen LogP contribution in [0.25, 0.3) is 0 Å². The second-order valence-corrected chi connectivity index (χ2v) is 8.95. The standard InChI is InChI=1S/C22H34N4O3.HI/c1-5-23-20(24-14-15-7-6-8-19(27)11-15)25-16-12-17-9-10-18(13-16)26(17)21(28)29-22(2,3)4;/h6-8,11,16-18,27H,5,9-10,12-14H2,1-4H3,(H2,23,24,25);1H. The van der Waals surface area contributed by atoms with E-state index in [1.54, 1.807) is 12.1 Å². The number of carbonyl (C=O) groups excluding carboxylic acids is 1. The Morgan fingerprint density at radius 3 is 2.50 bits per heavy atom. The number of phenols is 1. The van der Waals surface area contributed by atoms with E-state index in [2.05, 4.69) is 15.6 Å². The van der Waals surface area contributed by atoms with Gasteiger partial charge in [0.15, 0.2) is 5.96 Å². The predicted molar refractivity (Wildman–Crippen MR) is 129 cm³/mol. The Morgan fingerprint density at radius 1 is 1.27 bits per heavy atom. The van der Waals surface area contributed by atoms with Crippen molar-refractivity contribution in [1.82, 2.24) is 15.5 Å². The topological polar surface area (TPSA) is 86.2 Å². The minimum Gasteiger partial charge on any atom is -0.508 e. The van der Waals surface area contributed by atoms with Gasteiger partial charge in [0.2, 0.25) is 0 Å². The van der Waals surface area contributed by atoms with E-state index < -0.39 is 5.60 Å². The maximum absolute atomic E-state index is 12.6. The first-order valence-corrected chi connectivity index (χ1v) is 10.6. The lowest BCUT2D eigenvalue weighted by Crippen LogP contribution is -2.55. The molecule has 2 atom stereocenters. The minimum atomic E-state index is -0.470. The maximum atomic E-state index is 12.6. The van der Waals surface area contributed by atoms with E-state index in [1.807, 2.05) is 44.7 Å². The molecular formula is C22H35IN4O3. The van der Waals surface area contributed by atoms with Crippen LogP contribution in [0.2, 0.25) is 0 Å². The fourth-order valence-corrected chi connectivity index (χ4v) is 4.25. The second kappa shape index (κ2) is 10.5. The number of hydrogen-bond donors (Lipinski definition) is 3. The Morgan fingerprint density at radius 2 is 1.93 bits per heavy atom. The molecule has 3 rings (SSSR count). The van der Waals surface area contributed by atoms with Gasteiger partial charge in [-0.15, -0.1) is 24.0 Å². The molecule has 0 aromatic heterocycles. The summed E-state index contributed by atoms with van der Waals surface area (Å²) < 4.78 is 5.62. The zero-order valence-corrected chi connectivity index (χ0v) is 20.7. The number of guanidine groups is 1. The molecule has 30 heavy (non-hydrogen) atoms. The van der Waals surface area contributed by atoms with Crippen LogP contribution in [0, 0.1) is 0 Å². The quantitative estimate of drug-likeness (QED) is 0.312. The van der Waals surface area contributed by atoms with Gasteiger partial charge in [0.1, 0.15) is 11.4 Å². The summed E-state index contributed by atoms with van der Waals surface area (Å²) in [4.78, 5) is 19.2. The first-order chi connectivity index (χ1) is 13.7. The molecular weight excluding hydrogens is 495 g/mol. The highest BCUT2D eigenvalue weighted by molar-refractivity contribution is 14.0. The van der Waals surface area contributed by atoms with Crippen LogP contribution in [0.1, 0.15) is 58.9 Å². The van der Waals surface area contributed by atoms with Crippen molar-refractivity contribution < 1.29 is 14.6 Å². The third kappa shape index (κ3) is 6.65. The summed E-state index contributed by atoms with van der Waals surface area (Å²) in [5.41, 5.74) is 0.490. The van der Waals surface area contributed by atoms with Crippen LogP contribution < -0.4 is 10.6 Å². The maximum Gasteiger partial charge on any atom is 0.410 e. The molecule has 1 aromatic carbocycles. The Bertz CT molecular complexity index is 736. The van der Waals surface area contributed by atoms with Gasteiger partial charge in [-0.25, -0.2) is 9.79 Å². The number of aromatic hydroxyl groups is 1. The first kappa shape index (κ1) is 24.6. The number of piperidine rings is 1. The first-order valence-electron chi connectivity index (χ1n) is 10.6. The summed E-state index contributed by atoms with van der Waals surface area (Å²) in [5, 5.41) is 16.5. The molecule has 2 aliphatic heterocycles. The molecule has 0 aliphatic carbocycles. The fraction of sp³-hybridized carbons (Fsp3) is 0.636. The Kier molecular flexibility index (Phi) is 8.63. The molecule has 3 N–H and O–H groups in total. The molecule has 1 aromatic rings. The van der Waals surface area contributed by atoms with E-state index in [0.29, 0.717) is 6.54 Å². The van der Waals surface area contributed by atoms with Crippen molar-refractivity contribution >= 4 is 36.0 Å². The summed E-state index contributed by atoms with van der Waals surface area (Å²) in [6, 6.07) is 7.87. The number of ether oxygens (including phenoxy) is 1. The van der Waals surface area contributed by atoms with Crippen molar-refractivity contribution in [3.05, 3.63) is 29.8 Å². The van der Waals surface area contributed by atoms with Gasteiger partial charge in [-0.05, 0) is 71.1 Å². The number of nitrogens with zero attached hydrogens (tertiary/aromatic N) is 2. The molecule has 2 aliphatic rings. The molecule has 168 valence electrons. The average Bonchev–Trinajstić information content (AvgIpc) is 2.90. The van der Waals surface area contributed by atoms with Crippen LogP contribution in [-0.4, -0.2) is 52.3 Å². The van der Waals surface area contributed by atoms with E-state index in [4.69, 9.17) is 4.74 Å². The van der Waals surface area contributed by atoms with Gasteiger partial charge in [-0.2, -0.15) is 0 Å². The van der Waals surface area contributed by atoms with Gasteiger partial charge in [0.05, 0.1) is 6.54 Å². The highest BCUT2D eigenvalue weighted by Gasteiger charge is 2.45. The van der Waals surface area contributed by atoms with Gasteiger partial charge in [-0.3, -0.25) is 0 Å². The monoisotopic (exact) mass is 530 g/mol. The largest absolute Gasteiger partial charge is 0.508 e. The Hall–Kier alpha value is -1.71. The predicted octanol–water partition coefficient (Wildman–Crippen LogP) is 4.00. The number of halogens is 1. The van der Waals surface area contributed by atoms with E-state index in [-0.39, 0.29) is 53.9 Å². The number of aliphatic imine (C=N–C) groups is 1. The Balaban J connectivity index is 0.00000320. The number of fused-ring (bicyclic) bond motifs is 2. The van der Waals surface area contributed by atoms with Crippen LogP contribution in [-0.2, 0) is 11.3 Å². The molecule has 8 heteroatoms. The van der Waals surface area contributed by atoms with E-state index in [1.165, 1.54) is 0 Å². The van der Waals surface area contributed by atoms with E-state index >= 15 is 0 Å². The zero-order valence-electron chi connectivity index (χ0n) is 18.4. The van der Waals surface area contributed by atoms with Crippen molar-refractivity contribution in [3.8, 4) is 5.75 Å². The number of amides is 1. The molecule has 1 amide bonds. The highest BCUT2D eigenvalue weighted by Crippen LogP contribution is 2.36. The molecule has 2 fully saturated rings. The molecule has 0 radical (unpaired) electrons. The average molecular weight is 530 g/mol. The van der Waals surface area contributed by atoms with Crippen molar-refractivity contribution in [2.75, 3.05) is 6.54 Å².